The summed E-state index contributed by atoms with van der Waals surface area (Å²) in [5.41, 5.74) is 0. The topological polar surface area (TPSA) is 29.9 Å². The van der Waals surface area contributed by atoms with E-state index in [-0.39, 0.29) is 0 Å². The van der Waals surface area contributed by atoms with E-state index in [0.29, 0.717) is 6.04 Å². The maximum atomic E-state index is 4.42. The number of thioether (sulfide) groups is 1. The lowest BCUT2D eigenvalue weighted by Gasteiger charge is -2.26. The van der Waals surface area contributed by atoms with Gasteiger partial charge in [-0.15, -0.1) is 0 Å². The van der Waals surface area contributed by atoms with Crippen LogP contribution in [0.1, 0.15) is 25.1 Å². The summed E-state index contributed by atoms with van der Waals surface area (Å²) < 4.78 is 2.13. The van der Waals surface area contributed by atoms with Gasteiger partial charge in [0.25, 0.3) is 0 Å². The fourth-order valence-electron chi connectivity index (χ4n) is 2.50. The highest BCUT2D eigenvalue weighted by molar-refractivity contribution is 7.99. The molecule has 1 aromatic heterocycles. The Labute approximate surface area is 108 Å². The van der Waals surface area contributed by atoms with E-state index in [1.807, 2.05) is 12.4 Å². The van der Waals surface area contributed by atoms with Crippen molar-refractivity contribution in [2.45, 2.75) is 31.7 Å². The number of rotatable bonds is 5. The molecular formula is C13H23N3S. The third-order valence-corrected chi connectivity index (χ3v) is 4.77. The second-order valence-electron chi connectivity index (χ2n) is 4.94. The van der Waals surface area contributed by atoms with Gasteiger partial charge < -0.3 is 9.88 Å². The Bertz CT molecular complexity index is 331. The van der Waals surface area contributed by atoms with Crippen LogP contribution in [0.25, 0.3) is 0 Å². The minimum Gasteiger partial charge on any atom is -0.338 e. The first kappa shape index (κ1) is 13.0. The molecular weight excluding hydrogens is 230 g/mol. The van der Waals surface area contributed by atoms with Crippen LogP contribution < -0.4 is 5.32 Å². The predicted octanol–water partition coefficient (Wildman–Crippen LogP) is 2.08. The van der Waals surface area contributed by atoms with Crippen LogP contribution in [0.4, 0.5) is 0 Å². The van der Waals surface area contributed by atoms with Gasteiger partial charge in [0.05, 0.1) is 0 Å². The Morgan fingerprint density at radius 2 is 2.29 bits per heavy atom. The van der Waals surface area contributed by atoms with Gasteiger partial charge in [-0.2, -0.15) is 11.8 Å². The smallest absolute Gasteiger partial charge is 0.109 e. The molecule has 2 heterocycles. The molecule has 0 amide bonds. The number of hydrogen-bond donors (Lipinski definition) is 1. The summed E-state index contributed by atoms with van der Waals surface area (Å²) in [4.78, 5) is 4.42. The van der Waals surface area contributed by atoms with Gasteiger partial charge in [0.2, 0.25) is 0 Å². The van der Waals surface area contributed by atoms with Crippen molar-refractivity contribution in [1.29, 1.82) is 0 Å². The normalized spacial score (nSPS) is 19.4. The Hall–Kier alpha value is -0.480. The maximum Gasteiger partial charge on any atom is 0.109 e. The minimum absolute atomic E-state index is 0.573. The number of likely N-dealkylation sites (N-methyl/N-ethyl adjacent to an activating group) is 1. The van der Waals surface area contributed by atoms with Gasteiger partial charge in [-0.05, 0) is 43.7 Å². The van der Waals surface area contributed by atoms with Crippen LogP contribution in [-0.4, -0.2) is 34.1 Å². The molecule has 0 aliphatic carbocycles. The lowest BCUT2D eigenvalue weighted by molar-refractivity contribution is 0.371. The summed E-state index contributed by atoms with van der Waals surface area (Å²) in [6.45, 7) is 0. The summed E-state index contributed by atoms with van der Waals surface area (Å²) in [5, 5.41) is 3.45. The van der Waals surface area contributed by atoms with Crippen LogP contribution >= 0.6 is 11.8 Å². The number of aromatic nitrogens is 2. The van der Waals surface area contributed by atoms with E-state index >= 15 is 0 Å². The molecule has 4 heteroatoms. The number of aryl methyl sites for hydroxylation is 1. The zero-order valence-corrected chi connectivity index (χ0v) is 11.7. The molecule has 0 radical (unpaired) electrons. The van der Waals surface area contributed by atoms with E-state index in [0.717, 1.165) is 12.3 Å². The average Bonchev–Trinajstić information content (AvgIpc) is 2.75. The molecule has 17 heavy (non-hydrogen) atoms. The molecule has 1 aliphatic rings. The van der Waals surface area contributed by atoms with E-state index in [1.165, 1.54) is 36.6 Å². The van der Waals surface area contributed by atoms with Crippen molar-refractivity contribution in [2.75, 3.05) is 18.6 Å². The van der Waals surface area contributed by atoms with Crippen molar-refractivity contribution < 1.29 is 0 Å². The van der Waals surface area contributed by atoms with Gasteiger partial charge in [-0.3, -0.25) is 0 Å². The summed E-state index contributed by atoms with van der Waals surface area (Å²) in [7, 11) is 4.15. The lowest BCUT2D eigenvalue weighted by Crippen LogP contribution is -2.32. The molecule has 3 nitrogen and oxygen atoms in total. The van der Waals surface area contributed by atoms with Crippen molar-refractivity contribution in [2.24, 2.45) is 13.0 Å². The van der Waals surface area contributed by atoms with Gasteiger partial charge >= 0.3 is 0 Å². The molecule has 1 fully saturated rings. The van der Waals surface area contributed by atoms with E-state index in [9.17, 15) is 0 Å². The van der Waals surface area contributed by atoms with E-state index < -0.39 is 0 Å². The summed E-state index contributed by atoms with van der Waals surface area (Å²) in [6.07, 6.45) is 9.04. The molecule has 1 unspecified atom stereocenters. The standard InChI is InChI=1S/C13H23N3S/c1-14-12(9-11-3-7-17-8-4-11)10-13-15-5-6-16(13)2/h5-6,11-12,14H,3-4,7-10H2,1-2H3. The van der Waals surface area contributed by atoms with Crippen molar-refractivity contribution in [3.8, 4) is 0 Å². The third kappa shape index (κ3) is 3.75. The summed E-state index contributed by atoms with van der Waals surface area (Å²) in [6, 6.07) is 0.573. The van der Waals surface area contributed by atoms with E-state index in [4.69, 9.17) is 0 Å². The first-order valence-corrected chi connectivity index (χ1v) is 7.66. The van der Waals surface area contributed by atoms with Crippen LogP contribution in [0.3, 0.4) is 0 Å². The van der Waals surface area contributed by atoms with Gasteiger partial charge in [-0.1, -0.05) is 0 Å². The summed E-state index contributed by atoms with van der Waals surface area (Å²) >= 11 is 2.10. The van der Waals surface area contributed by atoms with E-state index in [2.05, 4.69) is 40.7 Å². The second kappa shape index (κ2) is 6.45. The molecule has 1 aliphatic heterocycles. The lowest BCUT2D eigenvalue weighted by atomic mass is 9.93. The van der Waals surface area contributed by atoms with Crippen LogP contribution in [-0.2, 0) is 13.5 Å². The number of nitrogens with one attached hydrogen (secondary N) is 1. The Balaban J connectivity index is 1.85. The number of hydrogen-bond acceptors (Lipinski definition) is 3. The van der Waals surface area contributed by atoms with Gasteiger partial charge in [0.1, 0.15) is 5.82 Å². The maximum absolute atomic E-state index is 4.42. The molecule has 1 N–H and O–H groups in total. The highest BCUT2D eigenvalue weighted by atomic mass is 32.2. The summed E-state index contributed by atoms with van der Waals surface area (Å²) in [5.74, 6) is 4.80. The fraction of sp³-hybridized carbons (Fsp3) is 0.769. The Morgan fingerprint density at radius 3 is 2.88 bits per heavy atom. The number of imidazole rings is 1. The Morgan fingerprint density at radius 1 is 1.53 bits per heavy atom. The highest BCUT2D eigenvalue weighted by Crippen LogP contribution is 2.26. The largest absolute Gasteiger partial charge is 0.338 e. The van der Waals surface area contributed by atoms with E-state index in [1.54, 1.807) is 0 Å². The van der Waals surface area contributed by atoms with Gasteiger partial charge in [-0.25, -0.2) is 4.98 Å². The molecule has 96 valence electrons. The number of nitrogens with zero attached hydrogens (tertiary/aromatic N) is 2. The quantitative estimate of drug-likeness (QED) is 0.871. The molecule has 0 saturated carbocycles. The molecule has 1 aromatic rings. The van der Waals surface area contributed by atoms with Crippen LogP contribution in [0.5, 0.6) is 0 Å². The average molecular weight is 253 g/mol. The molecule has 0 aromatic carbocycles. The molecule has 1 atom stereocenters. The van der Waals surface area contributed by atoms with Gasteiger partial charge in [0.15, 0.2) is 0 Å². The van der Waals surface area contributed by atoms with Crippen molar-refractivity contribution in [1.82, 2.24) is 14.9 Å². The third-order valence-electron chi connectivity index (χ3n) is 3.72. The van der Waals surface area contributed by atoms with Crippen molar-refractivity contribution >= 4 is 11.8 Å². The van der Waals surface area contributed by atoms with Crippen LogP contribution in [0, 0.1) is 5.92 Å². The van der Waals surface area contributed by atoms with Crippen molar-refractivity contribution in [3.63, 3.8) is 0 Å². The molecule has 2 rings (SSSR count). The SMILES string of the molecule is CNC(Cc1nccn1C)CC1CCSCC1. The zero-order chi connectivity index (χ0) is 12.1. The first-order valence-electron chi connectivity index (χ1n) is 6.50. The monoisotopic (exact) mass is 253 g/mol. The minimum atomic E-state index is 0.573. The zero-order valence-electron chi connectivity index (χ0n) is 10.9. The highest BCUT2D eigenvalue weighted by Gasteiger charge is 2.19. The molecule has 0 spiro atoms. The van der Waals surface area contributed by atoms with Gasteiger partial charge in [0, 0.05) is 31.9 Å². The Kier molecular flexibility index (Phi) is 4.92. The van der Waals surface area contributed by atoms with Crippen LogP contribution in [0.2, 0.25) is 0 Å². The van der Waals surface area contributed by atoms with Crippen molar-refractivity contribution in [3.05, 3.63) is 18.2 Å². The van der Waals surface area contributed by atoms with Crippen LogP contribution in [0.15, 0.2) is 12.4 Å². The molecule has 1 saturated heterocycles. The predicted molar refractivity (Wildman–Crippen MR) is 74.4 cm³/mol. The second-order valence-corrected chi connectivity index (χ2v) is 6.16. The fourth-order valence-corrected chi connectivity index (χ4v) is 3.71. The first-order chi connectivity index (χ1) is 8.29. The molecule has 0 bridgehead atoms.